The van der Waals surface area contributed by atoms with Gasteiger partial charge < -0.3 is 10.2 Å². The second kappa shape index (κ2) is 10.3. The predicted molar refractivity (Wildman–Crippen MR) is 128 cm³/mol. The third kappa shape index (κ3) is 5.78. The maximum absolute atomic E-state index is 12.7. The summed E-state index contributed by atoms with van der Waals surface area (Å²) in [6, 6.07) is 19.8. The first-order valence-corrected chi connectivity index (χ1v) is 12.8. The second-order valence-corrected chi connectivity index (χ2v) is 10.4. The van der Waals surface area contributed by atoms with Crippen molar-refractivity contribution in [2.75, 3.05) is 37.6 Å². The van der Waals surface area contributed by atoms with Gasteiger partial charge >= 0.3 is 0 Å². The lowest BCUT2D eigenvalue weighted by Crippen LogP contribution is -2.43. The van der Waals surface area contributed by atoms with Crippen molar-refractivity contribution < 1.29 is 13.2 Å². The molecule has 0 radical (unpaired) electrons. The molecule has 1 atom stereocenters. The van der Waals surface area contributed by atoms with E-state index in [0.717, 1.165) is 25.1 Å². The van der Waals surface area contributed by atoms with Crippen molar-refractivity contribution in [3.63, 3.8) is 0 Å². The molecule has 0 spiro atoms. The lowest BCUT2D eigenvalue weighted by molar-refractivity contribution is -0.126. The van der Waals surface area contributed by atoms with Crippen LogP contribution in [-0.4, -0.2) is 51.4 Å². The molecular formula is C25H31N3O3S. The Bertz CT molecular complexity index is 1020. The van der Waals surface area contributed by atoms with Crippen LogP contribution >= 0.6 is 0 Å². The normalized spacial score (nSPS) is 20.6. The van der Waals surface area contributed by atoms with Gasteiger partial charge in [-0.15, -0.1) is 0 Å². The number of benzene rings is 2. The summed E-state index contributed by atoms with van der Waals surface area (Å²) >= 11 is 0. The summed E-state index contributed by atoms with van der Waals surface area (Å²) < 4.78 is 26.7. The molecule has 2 aromatic rings. The van der Waals surface area contributed by atoms with E-state index in [9.17, 15) is 13.2 Å². The van der Waals surface area contributed by atoms with Crippen molar-refractivity contribution in [2.45, 2.75) is 19.3 Å². The zero-order chi connectivity index (χ0) is 22.4. The van der Waals surface area contributed by atoms with E-state index in [0.29, 0.717) is 38.4 Å². The number of anilines is 1. The molecule has 170 valence electrons. The highest BCUT2D eigenvalue weighted by Crippen LogP contribution is 2.24. The minimum absolute atomic E-state index is 0.0556. The van der Waals surface area contributed by atoms with Gasteiger partial charge in [0.05, 0.1) is 0 Å². The van der Waals surface area contributed by atoms with Crippen LogP contribution in [0.25, 0.3) is 6.08 Å². The topological polar surface area (TPSA) is 69.7 Å². The van der Waals surface area contributed by atoms with Crippen LogP contribution in [0.3, 0.4) is 0 Å². The van der Waals surface area contributed by atoms with E-state index in [1.165, 1.54) is 15.4 Å². The van der Waals surface area contributed by atoms with Crippen molar-refractivity contribution in [3.05, 3.63) is 71.6 Å². The lowest BCUT2D eigenvalue weighted by atomic mass is 9.97. The molecular weight excluding hydrogens is 422 g/mol. The summed E-state index contributed by atoms with van der Waals surface area (Å²) in [4.78, 5) is 15.0. The van der Waals surface area contributed by atoms with E-state index < -0.39 is 10.0 Å². The first-order valence-electron chi connectivity index (χ1n) is 11.3. The fraction of sp³-hybridized carbons (Fsp3) is 0.400. The van der Waals surface area contributed by atoms with Gasteiger partial charge in [-0.1, -0.05) is 48.5 Å². The molecule has 1 N–H and O–H groups in total. The SMILES string of the molecule is O=C(NCC1CCN(c2ccccc2)C1)C1CCN(S(=O)(=O)/C=C/c2ccccc2)CC1. The highest BCUT2D eigenvalue weighted by Gasteiger charge is 2.30. The number of sulfonamides is 1. The maximum Gasteiger partial charge on any atom is 0.236 e. The number of hydrogen-bond donors (Lipinski definition) is 1. The number of hydrogen-bond acceptors (Lipinski definition) is 4. The molecule has 7 heteroatoms. The number of piperidine rings is 1. The van der Waals surface area contributed by atoms with E-state index >= 15 is 0 Å². The van der Waals surface area contributed by atoms with Crippen molar-refractivity contribution in [1.82, 2.24) is 9.62 Å². The summed E-state index contributed by atoms with van der Waals surface area (Å²) in [6.45, 7) is 3.40. The van der Waals surface area contributed by atoms with Crippen molar-refractivity contribution in [1.29, 1.82) is 0 Å². The van der Waals surface area contributed by atoms with E-state index in [1.54, 1.807) is 6.08 Å². The Hall–Kier alpha value is -2.64. The fourth-order valence-electron chi connectivity index (χ4n) is 4.45. The molecule has 2 aliphatic heterocycles. The van der Waals surface area contributed by atoms with E-state index in [2.05, 4.69) is 34.5 Å². The monoisotopic (exact) mass is 453 g/mol. The zero-order valence-electron chi connectivity index (χ0n) is 18.3. The summed E-state index contributed by atoms with van der Waals surface area (Å²) in [6.07, 6.45) is 3.81. The zero-order valence-corrected chi connectivity index (χ0v) is 19.1. The Labute approximate surface area is 191 Å². The van der Waals surface area contributed by atoms with Gasteiger partial charge in [0.25, 0.3) is 0 Å². The Morgan fingerprint density at radius 2 is 1.59 bits per heavy atom. The smallest absolute Gasteiger partial charge is 0.236 e. The Morgan fingerprint density at radius 1 is 0.938 bits per heavy atom. The second-order valence-electron chi connectivity index (χ2n) is 8.61. The fourth-order valence-corrected chi connectivity index (χ4v) is 5.67. The molecule has 1 amide bonds. The minimum atomic E-state index is -3.47. The van der Waals surface area contributed by atoms with Crippen molar-refractivity contribution in [2.24, 2.45) is 11.8 Å². The van der Waals surface area contributed by atoms with Crippen molar-refractivity contribution in [3.8, 4) is 0 Å². The number of nitrogens with zero attached hydrogens (tertiary/aromatic N) is 2. The Morgan fingerprint density at radius 3 is 2.28 bits per heavy atom. The van der Waals surface area contributed by atoms with Crippen LogP contribution in [0.15, 0.2) is 66.1 Å². The number of carbonyl (C=O) groups is 1. The van der Waals surface area contributed by atoms with Crippen LogP contribution in [0, 0.1) is 11.8 Å². The van der Waals surface area contributed by atoms with Crippen molar-refractivity contribution >= 4 is 27.7 Å². The Kier molecular flexibility index (Phi) is 7.27. The molecule has 1 unspecified atom stereocenters. The first-order chi connectivity index (χ1) is 15.5. The van der Waals surface area contributed by atoms with Crippen LogP contribution in [0.5, 0.6) is 0 Å². The molecule has 4 rings (SSSR count). The molecule has 0 saturated carbocycles. The summed E-state index contributed by atoms with van der Waals surface area (Å²) in [5.74, 6) is 0.383. The molecule has 2 saturated heterocycles. The molecule has 2 aliphatic rings. The van der Waals surface area contributed by atoms with Crippen LogP contribution in [0.4, 0.5) is 5.69 Å². The van der Waals surface area contributed by atoms with Gasteiger partial charge in [0.2, 0.25) is 15.9 Å². The lowest BCUT2D eigenvalue weighted by Gasteiger charge is -2.29. The van der Waals surface area contributed by atoms with Gasteiger partial charge in [-0.2, -0.15) is 4.31 Å². The largest absolute Gasteiger partial charge is 0.371 e. The van der Waals surface area contributed by atoms with Gasteiger partial charge in [-0.25, -0.2) is 8.42 Å². The standard InChI is InChI=1S/C25H31N3O3S/c29-25(26-19-22-11-15-27(20-22)24-9-5-2-6-10-24)23-12-16-28(17-13-23)32(30,31)18-14-21-7-3-1-4-8-21/h1-10,14,18,22-23H,11-13,15-17,19-20H2,(H,26,29)/b18-14+. The highest BCUT2D eigenvalue weighted by molar-refractivity contribution is 7.92. The van der Waals surface area contributed by atoms with Crippen LogP contribution in [-0.2, 0) is 14.8 Å². The van der Waals surface area contributed by atoms with E-state index in [4.69, 9.17) is 0 Å². The maximum atomic E-state index is 12.7. The summed E-state index contributed by atoms with van der Waals surface area (Å²) in [7, 11) is -3.47. The summed E-state index contributed by atoms with van der Waals surface area (Å²) in [5, 5.41) is 4.38. The average Bonchev–Trinajstić information content (AvgIpc) is 3.32. The minimum Gasteiger partial charge on any atom is -0.371 e. The van der Waals surface area contributed by atoms with Gasteiger partial charge in [0.15, 0.2) is 0 Å². The molecule has 0 bridgehead atoms. The number of nitrogens with one attached hydrogen (secondary N) is 1. The molecule has 6 nitrogen and oxygen atoms in total. The quantitative estimate of drug-likeness (QED) is 0.698. The van der Waals surface area contributed by atoms with E-state index in [-0.39, 0.29) is 11.8 Å². The molecule has 2 aromatic carbocycles. The van der Waals surface area contributed by atoms with Gasteiger partial charge in [0.1, 0.15) is 0 Å². The third-order valence-electron chi connectivity index (χ3n) is 6.39. The highest BCUT2D eigenvalue weighted by atomic mass is 32.2. The predicted octanol–water partition coefficient (Wildman–Crippen LogP) is 3.34. The summed E-state index contributed by atoms with van der Waals surface area (Å²) in [5.41, 5.74) is 2.08. The number of carbonyl (C=O) groups excluding carboxylic acids is 1. The molecule has 0 aromatic heterocycles. The van der Waals surface area contributed by atoms with Gasteiger partial charge in [-0.05, 0) is 49.0 Å². The van der Waals surface area contributed by atoms with Crippen LogP contribution in [0.2, 0.25) is 0 Å². The first kappa shape index (κ1) is 22.6. The number of rotatable bonds is 7. The Balaban J connectivity index is 1.21. The van der Waals surface area contributed by atoms with Gasteiger partial charge in [-0.3, -0.25) is 4.79 Å². The third-order valence-corrected chi connectivity index (χ3v) is 7.95. The van der Waals surface area contributed by atoms with E-state index in [1.807, 2.05) is 36.4 Å². The average molecular weight is 454 g/mol. The number of para-hydroxylation sites is 1. The molecule has 2 heterocycles. The number of amides is 1. The molecule has 0 aliphatic carbocycles. The molecule has 32 heavy (non-hydrogen) atoms. The van der Waals surface area contributed by atoms with Crippen LogP contribution in [0.1, 0.15) is 24.8 Å². The molecule has 2 fully saturated rings. The van der Waals surface area contributed by atoms with Gasteiger partial charge in [0, 0.05) is 49.7 Å². The van der Waals surface area contributed by atoms with Crippen LogP contribution < -0.4 is 10.2 Å².